The molecule has 0 aliphatic heterocycles. The van der Waals surface area contributed by atoms with Gasteiger partial charge in [-0.1, -0.05) is 6.92 Å². The molecule has 0 spiro atoms. The molecule has 0 unspecified atom stereocenters. The Morgan fingerprint density at radius 3 is 2.29 bits per heavy atom. The number of nitrogens with zero attached hydrogens (tertiary/aromatic N) is 2. The van der Waals surface area contributed by atoms with E-state index in [4.69, 9.17) is 0 Å². The fraction of sp³-hybridized carbons (Fsp3) is 0.545. The van der Waals surface area contributed by atoms with Crippen LogP contribution in [0.15, 0.2) is 0 Å². The van der Waals surface area contributed by atoms with Gasteiger partial charge in [-0.3, -0.25) is 0 Å². The second kappa shape index (κ2) is 3.95. The minimum Gasteiger partial charge on any atom is -0.362 e. The highest BCUT2D eigenvalue weighted by Gasteiger charge is 2.14. The van der Waals surface area contributed by atoms with E-state index in [0.29, 0.717) is 5.69 Å². The van der Waals surface area contributed by atoms with Crippen molar-refractivity contribution in [2.75, 3.05) is 19.0 Å². The average Bonchev–Trinajstić information content (AvgIpc) is 2.13. The van der Waals surface area contributed by atoms with Gasteiger partial charge in [0.05, 0.1) is 5.69 Å². The van der Waals surface area contributed by atoms with Gasteiger partial charge in [0.1, 0.15) is 11.6 Å². The standard InChI is InChI=1S/C11H17FN2/c1-6-9-7(2)10(12)8(3)13-11(9)14(4)5/h6H2,1-5H3. The molecule has 0 aromatic carbocycles. The van der Waals surface area contributed by atoms with Crippen molar-refractivity contribution in [3.8, 4) is 0 Å². The smallest absolute Gasteiger partial charge is 0.147 e. The van der Waals surface area contributed by atoms with Crippen LogP contribution in [0.1, 0.15) is 23.7 Å². The zero-order chi connectivity index (χ0) is 10.9. The third-order valence-corrected chi connectivity index (χ3v) is 2.42. The Bertz CT molecular complexity index is 346. The van der Waals surface area contributed by atoms with Crippen molar-refractivity contribution in [2.45, 2.75) is 27.2 Å². The molecule has 1 rings (SSSR count). The molecular formula is C11H17FN2. The zero-order valence-corrected chi connectivity index (χ0v) is 9.48. The maximum atomic E-state index is 13.5. The van der Waals surface area contributed by atoms with Crippen LogP contribution in [0, 0.1) is 19.7 Å². The quantitative estimate of drug-likeness (QED) is 0.722. The van der Waals surface area contributed by atoms with Crippen LogP contribution in [-0.2, 0) is 6.42 Å². The SMILES string of the molecule is CCc1c(N(C)C)nc(C)c(F)c1C. The summed E-state index contributed by atoms with van der Waals surface area (Å²) in [5, 5.41) is 0. The van der Waals surface area contributed by atoms with Gasteiger partial charge in [-0.25, -0.2) is 9.37 Å². The molecule has 0 atom stereocenters. The summed E-state index contributed by atoms with van der Waals surface area (Å²) < 4.78 is 13.5. The zero-order valence-electron chi connectivity index (χ0n) is 9.48. The lowest BCUT2D eigenvalue weighted by Crippen LogP contribution is -2.15. The van der Waals surface area contributed by atoms with E-state index < -0.39 is 0 Å². The Kier molecular flexibility index (Phi) is 3.09. The predicted molar refractivity (Wildman–Crippen MR) is 57.4 cm³/mol. The van der Waals surface area contributed by atoms with E-state index in [1.807, 2.05) is 32.8 Å². The minimum absolute atomic E-state index is 0.174. The highest BCUT2D eigenvalue weighted by molar-refractivity contribution is 5.51. The number of anilines is 1. The van der Waals surface area contributed by atoms with Gasteiger partial charge in [0.25, 0.3) is 0 Å². The van der Waals surface area contributed by atoms with Gasteiger partial charge in [0.2, 0.25) is 0 Å². The lowest BCUT2D eigenvalue weighted by molar-refractivity contribution is 0.596. The van der Waals surface area contributed by atoms with Gasteiger partial charge in [-0.05, 0) is 25.8 Å². The molecule has 0 radical (unpaired) electrons. The van der Waals surface area contributed by atoms with Crippen LogP contribution >= 0.6 is 0 Å². The highest BCUT2D eigenvalue weighted by Crippen LogP contribution is 2.24. The molecule has 14 heavy (non-hydrogen) atoms. The van der Waals surface area contributed by atoms with Crippen molar-refractivity contribution in [3.63, 3.8) is 0 Å². The third-order valence-electron chi connectivity index (χ3n) is 2.42. The number of aryl methyl sites for hydroxylation is 1. The third kappa shape index (κ3) is 1.72. The fourth-order valence-electron chi connectivity index (χ4n) is 1.64. The number of rotatable bonds is 2. The van der Waals surface area contributed by atoms with Gasteiger partial charge < -0.3 is 4.90 Å². The van der Waals surface area contributed by atoms with Gasteiger partial charge in [-0.15, -0.1) is 0 Å². The molecule has 0 aliphatic rings. The molecule has 0 N–H and O–H groups in total. The average molecular weight is 196 g/mol. The molecule has 1 aromatic heterocycles. The molecule has 0 bridgehead atoms. The molecule has 78 valence electrons. The number of halogens is 1. The molecule has 0 saturated carbocycles. The van der Waals surface area contributed by atoms with Crippen LogP contribution in [0.25, 0.3) is 0 Å². The maximum Gasteiger partial charge on any atom is 0.147 e. The second-order valence-electron chi connectivity index (χ2n) is 3.69. The first-order valence-corrected chi connectivity index (χ1v) is 4.81. The van der Waals surface area contributed by atoms with E-state index in [2.05, 4.69) is 4.98 Å². The van der Waals surface area contributed by atoms with E-state index in [1.165, 1.54) is 0 Å². The normalized spacial score (nSPS) is 10.4. The Labute approximate surface area is 84.8 Å². The van der Waals surface area contributed by atoms with Crippen LogP contribution in [0.5, 0.6) is 0 Å². The summed E-state index contributed by atoms with van der Waals surface area (Å²) in [7, 11) is 3.86. The first-order chi connectivity index (χ1) is 6.49. The summed E-state index contributed by atoms with van der Waals surface area (Å²) in [6.45, 7) is 5.54. The van der Waals surface area contributed by atoms with Crippen molar-refractivity contribution in [1.29, 1.82) is 0 Å². The Morgan fingerprint density at radius 2 is 1.86 bits per heavy atom. The Morgan fingerprint density at radius 1 is 1.29 bits per heavy atom. The van der Waals surface area contributed by atoms with Crippen LogP contribution in [0.3, 0.4) is 0 Å². The molecule has 3 heteroatoms. The number of aromatic nitrogens is 1. The first-order valence-electron chi connectivity index (χ1n) is 4.81. The van der Waals surface area contributed by atoms with E-state index in [-0.39, 0.29) is 5.82 Å². The summed E-state index contributed by atoms with van der Waals surface area (Å²) >= 11 is 0. The van der Waals surface area contributed by atoms with E-state index in [9.17, 15) is 4.39 Å². The number of hydrogen-bond donors (Lipinski definition) is 0. The molecule has 1 aromatic rings. The lowest BCUT2D eigenvalue weighted by Gasteiger charge is -2.18. The number of hydrogen-bond acceptors (Lipinski definition) is 2. The van der Waals surface area contributed by atoms with Gasteiger partial charge >= 0.3 is 0 Å². The van der Waals surface area contributed by atoms with Gasteiger partial charge in [-0.2, -0.15) is 0 Å². The minimum atomic E-state index is -0.174. The van der Waals surface area contributed by atoms with Crippen LogP contribution in [0.2, 0.25) is 0 Å². The van der Waals surface area contributed by atoms with E-state index in [0.717, 1.165) is 23.4 Å². The highest BCUT2D eigenvalue weighted by atomic mass is 19.1. The van der Waals surface area contributed by atoms with Gasteiger partial charge in [0, 0.05) is 19.7 Å². The number of pyridine rings is 1. The van der Waals surface area contributed by atoms with Gasteiger partial charge in [0.15, 0.2) is 0 Å². The maximum absolute atomic E-state index is 13.5. The fourth-order valence-corrected chi connectivity index (χ4v) is 1.64. The molecule has 0 saturated heterocycles. The van der Waals surface area contributed by atoms with Crippen LogP contribution < -0.4 is 4.90 Å². The van der Waals surface area contributed by atoms with Crippen molar-refractivity contribution in [2.24, 2.45) is 0 Å². The molecule has 2 nitrogen and oxygen atoms in total. The summed E-state index contributed by atoms with van der Waals surface area (Å²) in [5.74, 6) is 0.705. The van der Waals surface area contributed by atoms with E-state index in [1.54, 1.807) is 6.92 Å². The summed E-state index contributed by atoms with van der Waals surface area (Å²) in [6.07, 6.45) is 0.809. The monoisotopic (exact) mass is 196 g/mol. The molecular weight excluding hydrogens is 179 g/mol. The topological polar surface area (TPSA) is 16.1 Å². The summed E-state index contributed by atoms with van der Waals surface area (Å²) in [5.41, 5.74) is 2.20. The Hall–Kier alpha value is -1.12. The second-order valence-corrected chi connectivity index (χ2v) is 3.69. The van der Waals surface area contributed by atoms with Crippen molar-refractivity contribution < 1.29 is 4.39 Å². The molecule has 1 heterocycles. The predicted octanol–water partition coefficient (Wildman–Crippen LogP) is 2.47. The molecule has 0 aliphatic carbocycles. The Balaban J connectivity index is 3.43. The first kappa shape index (κ1) is 11.0. The van der Waals surface area contributed by atoms with Crippen LogP contribution in [0.4, 0.5) is 10.2 Å². The van der Waals surface area contributed by atoms with E-state index >= 15 is 0 Å². The van der Waals surface area contributed by atoms with Crippen molar-refractivity contribution in [1.82, 2.24) is 4.98 Å². The lowest BCUT2D eigenvalue weighted by atomic mass is 10.1. The van der Waals surface area contributed by atoms with Crippen molar-refractivity contribution >= 4 is 5.82 Å². The van der Waals surface area contributed by atoms with Crippen LogP contribution in [-0.4, -0.2) is 19.1 Å². The molecule has 0 fully saturated rings. The molecule has 0 amide bonds. The summed E-state index contributed by atoms with van der Waals surface area (Å²) in [6, 6.07) is 0. The summed E-state index contributed by atoms with van der Waals surface area (Å²) in [4.78, 5) is 6.18. The largest absolute Gasteiger partial charge is 0.362 e. The van der Waals surface area contributed by atoms with Crippen molar-refractivity contribution in [3.05, 3.63) is 22.6 Å².